The van der Waals surface area contributed by atoms with Crippen LogP contribution in [0.5, 0.6) is 5.75 Å². The van der Waals surface area contributed by atoms with Gasteiger partial charge in [0.25, 0.3) is 0 Å². The van der Waals surface area contributed by atoms with Crippen LogP contribution in [0.25, 0.3) is 0 Å². The predicted octanol–water partition coefficient (Wildman–Crippen LogP) is 1.54. The monoisotopic (exact) mass is 257 g/mol. The molecule has 1 aromatic carbocycles. The van der Waals surface area contributed by atoms with E-state index in [2.05, 4.69) is 0 Å². The summed E-state index contributed by atoms with van der Waals surface area (Å²) < 4.78 is 24.2. The summed E-state index contributed by atoms with van der Waals surface area (Å²) in [6.07, 6.45) is 0.657. The van der Waals surface area contributed by atoms with Gasteiger partial charge in [-0.15, -0.1) is 0 Å². The van der Waals surface area contributed by atoms with Crippen LogP contribution in [0, 0.1) is 5.41 Å². The van der Waals surface area contributed by atoms with Gasteiger partial charge < -0.3 is 10.8 Å². The van der Waals surface area contributed by atoms with Crippen molar-refractivity contribution >= 4 is 9.84 Å². The lowest BCUT2D eigenvalue weighted by atomic mass is 9.92. The van der Waals surface area contributed by atoms with Crippen molar-refractivity contribution in [2.24, 2.45) is 11.1 Å². The summed E-state index contributed by atoms with van der Waals surface area (Å²) in [6, 6.07) is 5.60. The van der Waals surface area contributed by atoms with Crippen molar-refractivity contribution in [3.63, 3.8) is 0 Å². The van der Waals surface area contributed by atoms with Gasteiger partial charge in [-0.25, -0.2) is 8.42 Å². The SMILES string of the molecule is CC(C)(CCN)CS(=O)(=O)c1ccc(O)cc1. The molecule has 0 saturated heterocycles. The van der Waals surface area contributed by atoms with Gasteiger partial charge in [0.1, 0.15) is 5.75 Å². The van der Waals surface area contributed by atoms with Crippen LogP contribution in [-0.2, 0) is 9.84 Å². The van der Waals surface area contributed by atoms with Gasteiger partial charge in [0, 0.05) is 0 Å². The van der Waals surface area contributed by atoms with E-state index in [1.165, 1.54) is 24.3 Å². The Balaban J connectivity index is 2.93. The second-order valence-corrected chi connectivity index (χ2v) is 6.95. The van der Waals surface area contributed by atoms with Crippen LogP contribution in [0.3, 0.4) is 0 Å². The maximum atomic E-state index is 12.1. The Bertz CT molecular complexity index is 463. The summed E-state index contributed by atoms with van der Waals surface area (Å²) in [6.45, 7) is 4.24. The average molecular weight is 257 g/mol. The highest BCUT2D eigenvalue weighted by Crippen LogP contribution is 2.26. The van der Waals surface area contributed by atoms with Gasteiger partial charge in [0.15, 0.2) is 9.84 Å². The van der Waals surface area contributed by atoms with Gasteiger partial charge >= 0.3 is 0 Å². The quantitative estimate of drug-likeness (QED) is 0.838. The molecule has 0 fully saturated rings. The number of hydrogen-bond acceptors (Lipinski definition) is 4. The van der Waals surface area contributed by atoms with Crippen molar-refractivity contribution in [1.29, 1.82) is 0 Å². The Morgan fingerprint density at radius 3 is 2.24 bits per heavy atom. The molecule has 0 bridgehead atoms. The molecule has 0 aliphatic carbocycles. The lowest BCUT2D eigenvalue weighted by Crippen LogP contribution is -2.26. The molecule has 0 spiro atoms. The fourth-order valence-corrected chi connectivity index (χ4v) is 3.60. The zero-order chi connectivity index (χ0) is 13.1. The first kappa shape index (κ1) is 14.0. The standard InChI is InChI=1S/C12H19NO3S/c1-12(2,7-8-13)9-17(15,16)11-5-3-10(14)4-6-11/h3-6,14H,7-9,13H2,1-2H3. The van der Waals surface area contributed by atoms with Crippen molar-refractivity contribution < 1.29 is 13.5 Å². The van der Waals surface area contributed by atoms with Crippen LogP contribution in [-0.4, -0.2) is 25.8 Å². The van der Waals surface area contributed by atoms with E-state index in [4.69, 9.17) is 10.8 Å². The molecule has 0 radical (unpaired) electrons. The highest BCUT2D eigenvalue weighted by Gasteiger charge is 2.26. The first-order chi connectivity index (χ1) is 7.77. The van der Waals surface area contributed by atoms with Crippen molar-refractivity contribution in [1.82, 2.24) is 0 Å². The smallest absolute Gasteiger partial charge is 0.178 e. The normalized spacial score (nSPS) is 12.6. The van der Waals surface area contributed by atoms with E-state index >= 15 is 0 Å². The number of benzene rings is 1. The van der Waals surface area contributed by atoms with E-state index in [0.717, 1.165) is 0 Å². The van der Waals surface area contributed by atoms with E-state index < -0.39 is 9.84 Å². The van der Waals surface area contributed by atoms with Gasteiger partial charge in [-0.2, -0.15) is 0 Å². The van der Waals surface area contributed by atoms with E-state index in [1.54, 1.807) is 0 Å². The minimum atomic E-state index is -3.32. The number of phenols is 1. The molecule has 96 valence electrons. The fourth-order valence-electron chi connectivity index (χ4n) is 1.71. The third-order valence-corrected chi connectivity index (χ3v) is 4.75. The summed E-state index contributed by atoms with van der Waals surface area (Å²) in [7, 11) is -3.32. The Hall–Kier alpha value is -1.07. The summed E-state index contributed by atoms with van der Waals surface area (Å²) in [5, 5.41) is 9.13. The summed E-state index contributed by atoms with van der Waals surface area (Å²) >= 11 is 0. The van der Waals surface area contributed by atoms with Crippen molar-refractivity contribution in [3.05, 3.63) is 24.3 Å². The van der Waals surface area contributed by atoms with Crippen LogP contribution in [0.15, 0.2) is 29.2 Å². The molecule has 0 heterocycles. The highest BCUT2D eigenvalue weighted by atomic mass is 32.2. The molecule has 4 nitrogen and oxygen atoms in total. The second-order valence-electron chi connectivity index (χ2n) is 4.96. The maximum absolute atomic E-state index is 12.1. The molecular formula is C12H19NO3S. The van der Waals surface area contributed by atoms with Crippen molar-refractivity contribution in [2.45, 2.75) is 25.2 Å². The van der Waals surface area contributed by atoms with Crippen LogP contribution >= 0.6 is 0 Å². The Morgan fingerprint density at radius 2 is 1.76 bits per heavy atom. The van der Waals surface area contributed by atoms with Gasteiger partial charge in [-0.1, -0.05) is 13.8 Å². The fraction of sp³-hybridized carbons (Fsp3) is 0.500. The van der Waals surface area contributed by atoms with E-state index in [-0.39, 0.29) is 21.8 Å². The number of nitrogens with two attached hydrogens (primary N) is 1. The zero-order valence-electron chi connectivity index (χ0n) is 10.2. The molecule has 0 amide bonds. The molecule has 1 rings (SSSR count). The molecular weight excluding hydrogens is 238 g/mol. The first-order valence-corrected chi connectivity index (χ1v) is 7.14. The number of phenolic OH excluding ortho intramolecular Hbond substituents is 1. The van der Waals surface area contributed by atoms with Gasteiger partial charge in [0.05, 0.1) is 10.6 Å². The molecule has 5 heteroatoms. The van der Waals surface area contributed by atoms with E-state index in [9.17, 15) is 8.42 Å². The van der Waals surface area contributed by atoms with Gasteiger partial charge in [-0.3, -0.25) is 0 Å². The Morgan fingerprint density at radius 1 is 1.24 bits per heavy atom. The number of rotatable bonds is 5. The molecule has 0 saturated carbocycles. The molecule has 0 aromatic heterocycles. The summed E-state index contributed by atoms with van der Waals surface area (Å²) in [5.74, 6) is 0.118. The minimum absolute atomic E-state index is 0.0575. The second kappa shape index (κ2) is 5.06. The van der Waals surface area contributed by atoms with Crippen LogP contribution in [0.4, 0.5) is 0 Å². The largest absolute Gasteiger partial charge is 0.508 e. The maximum Gasteiger partial charge on any atom is 0.178 e. The topological polar surface area (TPSA) is 80.4 Å². The third-order valence-electron chi connectivity index (χ3n) is 2.60. The van der Waals surface area contributed by atoms with Gasteiger partial charge in [-0.05, 0) is 42.6 Å². The zero-order valence-corrected chi connectivity index (χ0v) is 11.0. The van der Waals surface area contributed by atoms with Crippen LogP contribution in [0.1, 0.15) is 20.3 Å². The van der Waals surface area contributed by atoms with Gasteiger partial charge in [0.2, 0.25) is 0 Å². The Labute approximate surface area is 102 Å². The molecule has 0 atom stereocenters. The van der Waals surface area contributed by atoms with Crippen molar-refractivity contribution in [3.8, 4) is 5.75 Å². The first-order valence-electron chi connectivity index (χ1n) is 5.49. The molecule has 0 aliphatic heterocycles. The molecule has 17 heavy (non-hydrogen) atoms. The molecule has 3 N–H and O–H groups in total. The average Bonchev–Trinajstić information content (AvgIpc) is 2.16. The van der Waals surface area contributed by atoms with Crippen molar-refractivity contribution in [2.75, 3.05) is 12.3 Å². The third kappa shape index (κ3) is 4.02. The van der Waals surface area contributed by atoms with Crippen LogP contribution < -0.4 is 5.73 Å². The van der Waals surface area contributed by atoms with E-state index in [1.807, 2.05) is 13.8 Å². The minimum Gasteiger partial charge on any atom is -0.508 e. The Kier molecular flexibility index (Phi) is 4.16. The number of sulfone groups is 1. The van der Waals surface area contributed by atoms with E-state index in [0.29, 0.717) is 13.0 Å². The molecule has 1 aromatic rings. The lowest BCUT2D eigenvalue weighted by molar-refractivity contribution is 0.384. The summed E-state index contributed by atoms with van der Waals surface area (Å²) in [5.41, 5.74) is 5.12. The molecule has 0 unspecified atom stereocenters. The predicted molar refractivity (Wildman–Crippen MR) is 67.6 cm³/mol. The lowest BCUT2D eigenvalue weighted by Gasteiger charge is -2.23. The molecule has 0 aliphatic rings. The number of aromatic hydroxyl groups is 1. The van der Waals surface area contributed by atoms with Crippen LogP contribution in [0.2, 0.25) is 0 Å². The highest BCUT2D eigenvalue weighted by molar-refractivity contribution is 7.91. The summed E-state index contributed by atoms with van der Waals surface area (Å²) in [4.78, 5) is 0.236. The number of hydrogen-bond donors (Lipinski definition) is 2.